The molecule has 112 valence electrons. The van der Waals surface area contributed by atoms with Gasteiger partial charge in [0.2, 0.25) is 0 Å². The molecule has 1 aromatic carbocycles. The molecule has 0 saturated carbocycles. The van der Waals surface area contributed by atoms with E-state index in [0.717, 1.165) is 5.56 Å². The van der Waals surface area contributed by atoms with Gasteiger partial charge in [0.1, 0.15) is 11.6 Å². The molecule has 0 aliphatic heterocycles. The number of aromatic nitrogens is 2. The van der Waals surface area contributed by atoms with E-state index in [2.05, 4.69) is 4.98 Å². The number of nitrogens with two attached hydrogens (primary N) is 1. The number of carbonyl (C=O) groups excluding carboxylic acids is 1. The Morgan fingerprint density at radius 1 is 1.52 bits per heavy atom. The number of hydrogen-bond acceptors (Lipinski definition) is 4. The third kappa shape index (κ3) is 2.89. The maximum Gasteiger partial charge on any atom is 0.360 e. The molecule has 0 spiro atoms. The second kappa shape index (κ2) is 5.95. The molecule has 2 aromatic rings. The normalized spacial score (nSPS) is 12.2. The lowest BCUT2D eigenvalue weighted by molar-refractivity contribution is 0.0521. The van der Waals surface area contributed by atoms with Gasteiger partial charge in [-0.15, -0.1) is 0 Å². The molecular weight excluding hydrogens is 273 g/mol. The Morgan fingerprint density at radius 2 is 2.24 bits per heavy atom. The van der Waals surface area contributed by atoms with E-state index in [9.17, 15) is 9.18 Å². The van der Waals surface area contributed by atoms with Gasteiger partial charge in [-0.05, 0) is 38.0 Å². The fraction of sp³-hybridized carbons (Fsp3) is 0.333. The van der Waals surface area contributed by atoms with Crippen LogP contribution in [0.25, 0.3) is 0 Å². The molecule has 5 nitrogen and oxygen atoms in total. The molecule has 0 bridgehead atoms. The molecule has 1 atom stereocenters. The first-order chi connectivity index (χ1) is 9.95. The number of ether oxygens (including phenoxy) is 1. The largest absolute Gasteiger partial charge is 0.461 e. The lowest BCUT2D eigenvalue weighted by Gasteiger charge is -2.16. The number of rotatable bonds is 4. The van der Waals surface area contributed by atoms with Gasteiger partial charge in [-0.2, -0.15) is 0 Å². The number of aryl methyl sites for hydroxylation is 1. The van der Waals surface area contributed by atoms with Crippen LogP contribution >= 0.6 is 0 Å². The number of nitrogens with zero attached hydrogens (tertiary/aromatic N) is 2. The molecule has 1 heterocycles. The Hall–Kier alpha value is -2.37. The van der Waals surface area contributed by atoms with Crippen molar-refractivity contribution in [3.05, 3.63) is 47.2 Å². The Kier molecular flexibility index (Phi) is 4.26. The van der Waals surface area contributed by atoms with E-state index in [0.29, 0.717) is 5.56 Å². The zero-order chi connectivity index (χ0) is 15.6. The van der Waals surface area contributed by atoms with Crippen molar-refractivity contribution >= 4 is 11.8 Å². The van der Waals surface area contributed by atoms with Crippen molar-refractivity contribution in [2.45, 2.75) is 26.8 Å². The zero-order valence-electron chi connectivity index (χ0n) is 12.3. The topological polar surface area (TPSA) is 70.1 Å². The SMILES string of the molecule is CCOC(=O)c1ncn(C(C)c2ccc(C)c(F)c2)c1N. The number of halogens is 1. The van der Waals surface area contributed by atoms with E-state index < -0.39 is 5.97 Å². The minimum atomic E-state index is -0.559. The van der Waals surface area contributed by atoms with Crippen molar-refractivity contribution < 1.29 is 13.9 Å². The van der Waals surface area contributed by atoms with E-state index in [-0.39, 0.29) is 30.0 Å². The van der Waals surface area contributed by atoms with Gasteiger partial charge in [0, 0.05) is 0 Å². The smallest absolute Gasteiger partial charge is 0.360 e. The summed E-state index contributed by atoms with van der Waals surface area (Å²) in [7, 11) is 0. The number of hydrogen-bond donors (Lipinski definition) is 1. The summed E-state index contributed by atoms with van der Waals surface area (Å²) in [6, 6.07) is 4.76. The number of esters is 1. The Labute approximate surface area is 122 Å². The van der Waals surface area contributed by atoms with Crippen LogP contribution in [0.15, 0.2) is 24.5 Å². The highest BCUT2D eigenvalue weighted by Crippen LogP contribution is 2.24. The summed E-state index contributed by atoms with van der Waals surface area (Å²) < 4.78 is 20.2. The van der Waals surface area contributed by atoms with Crippen LogP contribution in [-0.4, -0.2) is 22.1 Å². The van der Waals surface area contributed by atoms with Crippen molar-refractivity contribution in [1.29, 1.82) is 0 Å². The van der Waals surface area contributed by atoms with Crippen LogP contribution in [0, 0.1) is 12.7 Å². The minimum absolute atomic E-state index is 0.0799. The highest BCUT2D eigenvalue weighted by molar-refractivity contribution is 5.92. The van der Waals surface area contributed by atoms with Gasteiger partial charge in [0.05, 0.1) is 19.0 Å². The summed E-state index contributed by atoms with van der Waals surface area (Å²) in [6.07, 6.45) is 1.46. The summed E-state index contributed by atoms with van der Waals surface area (Å²) in [4.78, 5) is 15.7. The van der Waals surface area contributed by atoms with Crippen LogP contribution in [0.4, 0.5) is 10.2 Å². The minimum Gasteiger partial charge on any atom is -0.461 e. The molecule has 21 heavy (non-hydrogen) atoms. The molecule has 0 fully saturated rings. The number of nitrogen functional groups attached to an aromatic ring is 1. The third-order valence-corrected chi connectivity index (χ3v) is 3.40. The van der Waals surface area contributed by atoms with Crippen molar-refractivity contribution in [1.82, 2.24) is 9.55 Å². The van der Waals surface area contributed by atoms with Crippen LogP contribution in [-0.2, 0) is 4.74 Å². The fourth-order valence-electron chi connectivity index (χ4n) is 2.07. The van der Waals surface area contributed by atoms with Gasteiger partial charge in [0.15, 0.2) is 5.69 Å². The number of carbonyl (C=O) groups is 1. The molecule has 1 aromatic heterocycles. The maximum absolute atomic E-state index is 13.7. The summed E-state index contributed by atoms with van der Waals surface area (Å²) in [5, 5.41) is 0. The average Bonchev–Trinajstić information content (AvgIpc) is 2.83. The second-order valence-corrected chi connectivity index (χ2v) is 4.79. The summed E-state index contributed by atoms with van der Waals surface area (Å²) >= 11 is 0. The van der Waals surface area contributed by atoms with Crippen LogP contribution < -0.4 is 5.73 Å². The van der Waals surface area contributed by atoms with Crippen molar-refractivity contribution in [3.8, 4) is 0 Å². The van der Waals surface area contributed by atoms with Gasteiger partial charge in [-0.1, -0.05) is 12.1 Å². The lowest BCUT2D eigenvalue weighted by Crippen LogP contribution is -2.13. The van der Waals surface area contributed by atoms with Gasteiger partial charge >= 0.3 is 5.97 Å². The van der Waals surface area contributed by atoms with Crippen molar-refractivity contribution in [2.75, 3.05) is 12.3 Å². The first-order valence-electron chi connectivity index (χ1n) is 6.71. The molecule has 0 amide bonds. The van der Waals surface area contributed by atoms with Crippen molar-refractivity contribution in [3.63, 3.8) is 0 Å². The van der Waals surface area contributed by atoms with Gasteiger partial charge in [0.25, 0.3) is 0 Å². The molecule has 0 aliphatic rings. The maximum atomic E-state index is 13.7. The van der Waals surface area contributed by atoms with Gasteiger partial charge in [-0.25, -0.2) is 14.2 Å². The van der Waals surface area contributed by atoms with E-state index in [4.69, 9.17) is 10.5 Å². The Balaban J connectivity index is 2.33. The Bertz CT molecular complexity index is 667. The van der Waals surface area contributed by atoms with Crippen LogP contribution in [0.1, 0.15) is 41.5 Å². The Morgan fingerprint density at radius 3 is 2.86 bits per heavy atom. The highest BCUT2D eigenvalue weighted by Gasteiger charge is 2.20. The van der Waals surface area contributed by atoms with Crippen LogP contribution in [0.5, 0.6) is 0 Å². The highest BCUT2D eigenvalue weighted by atomic mass is 19.1. The molecule has 0 radical (unpaired) electrons. The summed E-state index contributed by atoms with van der Waals surface area (Å²) in [5.74, 6) is -0.623. The van der Waals surface area contributed by atoms with E-state index in [1.807, 2.05) is 13.0 Å². The average molecular weight is 291 g/mol. The zero-order valence-corrected chi connectivity index (χ0v) is 12.3. The molecular formula is C15H18FN3O2. The molecule has 0 aliphatic carbocycles. The molecule has 1 unspecified atom stereocenters. The summed E-state index contributed by atoms with van der Waals surface area (Å²) in [6.45, 7) is 5.53. The van der Waals surface area contributed by atoms with E-state index in [1.165, 1.54) is 12.4 Å². The molecule has 2 N–H and O–H groups in total. The second-order valence-electron chi connectivity index (χ2n) is 4.79. The number of imidazole rings is 1. The molecule has 0 saturated heterocycles. The van der Waals surface area contributed by atoms with Crippen LogP contribution in [0.3, 0.4) is 0 Å². The van der Waals surface area contributed by atoms with E-state index in [1.54, 1.807) is 24.5 Å². The first kappa shape index (κ1) is 15.0. The quantitative estimate of drug-likeness (QED) is 0.879. The van der Waals surface area contributed by atoms with Crippen LogP contribution in [0.2, 0.25) is 0 Å². The van der Waals surface area contributed by atoms with E-state index >= 15 is 0 Å². The predicted molar refractivity (Wildman–Crippen MR) is 77.5 cm³/mol. The monoisotopic (exact) mass is 291 g/mol. The molecule has 6 heteroatoms. The third-order valence-electron chi connectivity index (χ3n) is 3.40. The number of anilines is 1. The number of benzene rings is 1. The summed E-state index contributed by atoms with van der Waals surface area (Å²) in [5.41, 5.74) is 7.35. The lowest BCUT2D eigenvalue weighted by atomic mass is 10.1. The van der Waals surface area contributed by atoms with Gasteiger partial charge < -0.3 is 15.0 Å². The predicted octanol–water partition coefficient (Wildman–Crippen LogP) is 2.70. The standard InChI is InChI=1S/C15H18FN3O2/c1-4-21-15(20)13-14(17)19(8-18-13)10(3)11-6-5-9(2)12(16)7-11/h5-8,10H,4,17H2,1-3H3. The van der Waals surface area contributed by atoms with Gasteiger partial charge in [-0.3, -0.25) is 0 Å². The van der Waals surface area contributed by atoms with Crippen molar-refractivity contribution in [2.24, 2.45) is 0 Å². The molecule has 2 rings (SSSR count). The first-order valence-corrected chi connectivity index (χ1v) is 6.71. The fourth-order valence-corrected chi connectivity index (χ4v) is 2.07.